The van der Waals surface area contributed by atoms with Crippen LogP contribution in [0.25, 0.3) is 5.57 Å². The Hall–Kier alpha value is -3.45. The number of rotatable bonds is 5. The SMILES string of the molecule is CC(=O)C1=C(O)C[C@]2(C)C[C@]3(C)Cc4c(C(C)C)cc(C5=CC=C(CC6CCC(C)CC6)C5)c(O)c4C(=O)C3=C(O)[C@@]2(O)C1=O. The Morgan fingerprint density at radius 1 is 1.02 bits per heavy atom. The third kappa shape index (κ3) is 4.59. The zero-order valence-electron chi connectivity index (χ0n) is 27.3. The molecule has 0 saturated heterocycles. The minimum absolute atomic E-state index is 0.0322. The van der Waals surface area contributed by atoms with Gasteiger partial charge in [-0.05, 0) is 86.0 Å². The van der Waals surface area contributed by atoms with Crippen molar-refractivity contribution >= 4 is 22.9 Å². The van der Waals surface area contributed by atoms with Crippen LogP contribution in [-0.4, -0.2) is 43.4 Å². The van der Waals surface area contributed by atoms with E-state index < -0.39 is 50.9 Å². The van der Waals surface area contributed by atoms with Crippen LogP contribution in [0.2, 0.25) is 0 Å². The number of carbonyl (C=O) groups excluding carboxylic acids is 3. The van der Waals surface area contributed by atoms with Gasteiger partial charge in [0.15, 0.2) is 17.2 Å². The molecule has 1 fully saturated rings. The number of aromatic hydroxyl groups is 1. The molecule has 0 amide bonds. The van der Waals surface area contributed by atoms with Crippen molar-refractivity contribution in [3.05, 3.63) is 68.7 Å². The quantitative estimate of drug-likeness (QED) is 0.252. The molecule has 0 radical (unpaired) electrons. The molecule has 0 aliphatic heterocycles. The van der Waals surface area contributed by atoms with E-state index in [2.05, 4.69) is 26.8 Å². The van der Waals surface area contributed by atoms with Gasteiger partial charge in [0.05, 0.1) is 5.56 Å². The summed E-state index contributed by atoms with van der Waals surface area (Å²) in [6.07, 6.45) is 11.1. The van der Waals surface area contributed by atoms with E-state index in [9.17, 15) is 34.8 Å². The van der Waals surface area contributed by atoms with E-state index in [1.165, 1.54) is 31.3 Å². The predicted octanol–water partition coefficient (Wildman–Crippen LogP) is 7.52. The van der Waals surface area contributed by atoms with Gasteiger partial charge in [-0.15, -0.1) is 0 Å². The van der Waals surface area contributed by atoms with Gasteiger partial charge in [-0.2, -0.15) is 0 Å². The molecule has 7 nitrogen and oxygen atoms in total. The molecule has 1 aromatic rings. The van der Waals surface area contributed by atoms with Crippen LogP contribution >= 0.6 is 0 Å². The van der Waals surface area contributed by atoms with Crippen molar-refractivity contribution in [2.75, 3.05) is 0 Å². The van der Waals surface area contributed by atoms with Crippen molar-refractivity contribution in [2.24, 2.45) is 22.7 Å². The molecule has 6 rings (SSSR count). The highest BCUT2D eigenvalue weighted by Crippen LogP contribution is 2.63. The summed E-state index contributed by atoms with van der Waals surface area (Å²) in [4.78, 5) is 40.5. The monoisotopic (exact) mass is 614 g/mol. The van der Waals surface area contributed by atoms with Crippen LogP contribution in [0.15, 0.2) is 46.5 Å². The first kappa shape index (κ1) is 31.5. The summed E-state index contributed by atoms with van der Waals surface area (Å²) in [5, 5.41) is 46.3. The van der Waals surface area contributed by atoms with E-state index in [1.807, 2.05) is 19.1 Å². The van der Waals surface area contributed by atoms with Crippen molar-refractivity contribution in [1.82, 2.24) is 0 Å². The van der Waals surface area contributed by atoms with Crippen LogP contribution in [-0.2, 0) is 16.0 Å². The maximum absolute atomic E-state index is 14.5. The van der Waals surface area contributed by atoms with Crippen molar-refractivity contribution in [3.63, 3.8) is 0 Å². The number of Topliss-reactive ketones (excluding diaryl/α,β-unsaturated/α-hetero) is 3. The number of allylic oxidation sites excluding steroid dienone is 6. The highest BCUT2D eigenvalue weighted by Gasteiger charge is 2.67. The molecule has 4 N–H and O–H groups in total. The van der Waals surface area contributed by atoms with E-state index in [0.717, 1.165) is 30.4 Å². The highest BCUT2D eigenvalue weighted by atomic mass is 16.3. The smallest absolute Gasteiger partial charge is 0.209 e. The lowest BCUT2D eigenvalue weighted by Gasteiger charge is -2.56. The number of hydrogen-bond donors (Lipinski definition) is 4. The molecule has 0 aromatic heterocycles. The largest absolute Gasteiger partial charge is 0.511 e. The molecule has 5 aliphatic carbocycles. The predicted molar refractivity (Wildman–Crippen MR) is 172 cm³/mol. The first-order chi connectivity index (χ1) is 21.0. The maximum atomic E-state index is 14.5. The second-order valence-corrected chi connectivity index (χ2v) is 15.5. The molecule has 3 atom stereocenters. The van der Waals surface area contributed by atoms with Crippen LogP contribution in [0, 0.1) is 22.7 Å². The summed E-state index contributed by atoms with van der Waals surface area (Å²) < 4.78 is 0. The van der Waals surface area contributed by atoms with Crippen molar-refractivity contribution < 1.29 is 34.8 Å². The normalized spacial score (nSPS) is 33.2. The molecule has 45 heavy (non-hydrogen) atoms. The Kier molecular flexibility index (Phi) is 7.39. The van der Waals surface area contributed by atoms with Crippen molar-refractivity contribution in [1.29, 1.82) is 0 Å². The van der Waals surface area contributed by atoms with Gasteiger partial charge in [-0.3, -0.25) is 14.4 Å². The van der Waals surface area contributed by atoms with Gasteiger partial charge in [-0.1, -0.05) is 65.2 Å². The van der Waals surface area contributed by atoms with Gasteiger partial charge in [0.25, 0.3) is 0 Å². The van der Waals surface area contributed by atoms with Crippen molar-refractivity contribution in [3.8, 4) is 5.75 Å². The Labute approximate surface area is 265 Å². The fourth-order valence-electron chi connectivity index (χ4n) is 9.32. The van der Waals surface area contributed by atoms with Crippen LogP contribution in [0.5, 0.6) is 5.75 Å². The molecule has 0 bridgehead atoms. The molecule has 0 spiro atoms. The Morgan fingerprint density at radius 3 is 2.31 bits per heavy atom. The highest BCUT2D eigenvalue weighted by molar-refractivity contribution is 6.25. The van der Waals surface area contributed by atoms with E-state index in [4.69, 9.17) is 0 Å². The molecule has 7 heteroatoms. The number of aliphatic hydroxyl groups is 3. The number of aliphatic hydroxyl groups excluding tert-OH is 2. The van der Waals surface area contributed by atoms with Gasteiger partial charge < -0.3 is 20.4 Å². The number of phenols is 1. The molecule has 1 aromatic carbocycles. The summed E-state index contributed by atoms with van der Waals surface area (Å²) in [5.74, 6) is -2.30. The van der Waals surface area contributed by atoms with E-state index >= 15 is 0 Å². The number of benzene rings is 1. The Bertz CT molecular complexity index is 1660. The lowest BCUT2D eigenvalue weighted by atomic mass is 9.48. The minimum atomic E-state index is -2.57. The molecule has 1 saturated carbocycles. The first-order valence-electron chi connectivity index (χ1n) is 16.5. The zero-order chi connectivity index (χ0) is 32.8. The molecule has 0 heterocycles. The van der Waals surface area contributed by atoms with E-state index in [1.54, 1.807) is 6.92 Å². The molecular weight excluding hydrogens is 568 g/mol. The second kappa shape index (κ2) is 10.5. The lowest BCUT2D eigenvalue weighted by Crippen LogP contribution is -2.63. The standard InChI is InChI=1S/C38H46O7/c1-19(2)25-15-26(24-12-11-23(14-24)13-22-9-7-20(3)8-10-22)32(41)30-27(25)16-36(5)18-37(6)17-28(40)29(21(4)39)34(43)38(37,45)35(44)31(36)33(30)42/h11-12,15,19-20,22,40-41,44-45H,7-10,13-14,16-18H2,1-6H3/t20?,22?,36-,37+,38-/m0/s1. The van der Waals surface area contributed by atoms with Crippen LogP contribution in [0.4, 0.5) is 0 Å². The lowest BCUT2D eigenvalue weighted by molar-refractivity contribution is -0.159. The van der Waals surface area contributed by atoms with E-state index in [0.29, 0.717) is 29.9 Å². The summed E-state index contributed by atoms with van der Waals surface area (Å²) >= 11 is 0. The first-order valence-corrected chi connectivity index (χ1v) is 16.5. The summed E-state index contributed by atoms with van der Waals surface area (Å²) in [5.41, 5.74) is -0.993. The third-order valence-corrected chi connectivity index (χ3v) is 11.6. The minimum Gasteiger partial charge on any atom is -0.511 e. The fraction of sp³-hybridized carbons (Fsp3) is 0.553. The van der Waals surface area contributed by atoms with Crippen molar-refractivity contribution in [2.45, 2.75) is 111 Å². The van der Waals surface area contributed by atoms with E-state index in [-0.39, 0.29) is 35.6 Å². The second-order valence-electron chi connectivity index (χ2n) is 15.5. The number of ketones is 3. The summed E-state index contributed by atoms with van der Waals surface area (Å²) in [7, 11) is 0. The van der Waals surface area contributed by atoms with Gasteiger partial charge >= 0.3 is 0 Å². The van der Waals surface area contributed by atoms with Gasteiger partial charge in [0.1, 0.15) is 22.8 Å². The average Bonchev–Trinajstić information content (AvgIpc) is 3.39. The topological polar surface area (TPSA) is 132 Å². The average molecular weight is 615 g/mol. The van der Waals surface area contributed by atoms with Crippen LogP contribution in [0.3, 0.4) is 0 Å². The molecule has 0 unspecified atom stereocenters. The number of fused-ring (bicyclic) bond motifs is 3. The number of hydrogen-bond acceptors (Lipinski definition) is 7. The molecular formula is C38H46O7. The summed E-state index contributed by atoms with van der Waals surface area (Å²) in [6, 6.07) is 2.01. The molecule has 5 aliphatic rings. The third-order valence-electron chi connectivity index (χ3n) is 11.6. The van der Waals surface area contributed by atoms with Gasteiger partial charge in [0, 0.05) is 28.4 Å². The van der Waals surface area contributed by atoms with Crippen LogP contribution < -0.4 is 0 Å². The number of carbonyl (C=O) groups is 3. The maximum Gasteiger partial charge on any atom is 0.209 e. The number of phenolic OH excluding ortho intramolecular Hbond substituents is 1. The zero-order valence-corrected chi connectivity index (χ0v) is 27.3. The summed E-state index contributed by atoms with van der Waals surface area (Å²) in [6.45, 7) is 11.0. The Balaban J connectivity index is 1.42. The van der Waals surface area contributed by atoms with Gasteiger partial charge in [-0.25, -0.2) is 0 Å². The molecule has 240 valence electrons. The fourth-order valence-corrected chi connectivity index (χ4v) is 9.32. The Morgan fingerprint density at radius 2 is 1.69 bits per heavy atom. The van der Waals surface area contributed by atoms with Crippen LogP contribution in [0.1, 0.15) is 126 Å². The van der Waals surface area contributed by atoms with Gasteiger partial charge in [0.2, 0.25) is 5.78 Å².